The molecule has 26 heavy (non-hydrogen) atoms. The smallest absolute Gasteiger partial charge is 0.191 e. The highest BCUT2D eigenvalue weighted by Crippen LogP contribution is 2.22. The van der Waals surface area contributed by atoms with Crippen molar-refractivity contribution in [3.05, 3.63) is 46.3 Å². The number of hydrogen-bond acceptors (Lipinski definition) is 4. The van der Waals surface area contributed by atoms with Crippen molar-refractivity contribution in [2.75, 3.05) is 19.3 Å². The van der Waals surface area contributed by atoms with Gasteiger partial charge < -0.3 is 15.2 Å². The van der Waals surface area contributed by atoms with Crippen LogP contribution in [0.5, 0.6) is 0 Å². The summed E-state index contributed by atoms with van der Waals surface area (Å²) in [7, 11) is 0. The normalized spacial score (nSPS) is 11.7. The standard InChI is InChI=1S/C20H30N4OS/c1-6-21-20(22-11-7-8-18-15(3)24-25-16(18)4)23-13-17-10-9-14(2)12-19(17)26-5/h9-10,12H,6-8,11,13H2,1-5H3,(H2,21,22,23). The quantitative estimate of drug-likeness (QED) is 0.316. The number of nitrogens with zero attached hydrogens (tertiary/aromatic N) is 2. The number of aryl methyl sites for hydroxylation is 3. The first kappa shape index (κ1) is 20.4. The summed E-state index contributed by atoms with van der Waals surface area (Å²) in [6.45, 7) is 10.6. The Kier molecular flexibility index (Phi) is 8.04. The van der Waals surface area contributed by atoms with Gasteiger partial charge in [0.2, 0.25) is 0 Å². The van der Waals surface area contributed by atoms with Gasteiger partial charge in [0.15, 0.2) is 5.96 Å². The van der Waals surface area contributed by atoms with E-state index in [9.17, 15) is 0 Å². The van der Waals surface area contributed by atoms with Crippen LogP contribution in [0.15, 0.2) is 32.6 Å². The third-order valence-corrected chi connectivity index (χ3v) is 5.09. The number of guanidine groups is 1. The summed E-state index contributed by atoms with van der Waals surface area (Å²) in [6.07, 6.45) is 4.08. The summed E-state index contributed by atoms with van der Waals surface area (Å²) in [5.74, 6) is 1.78. The largest absolute Gasteiger partial charge is 0.361 e. The molecule has 6 heteroatoms. The van der Waals surface area contributed by atoms with Gasteiger partial charge in [-0.2, -0.15) is 0 Å². The highest BCUT2D eigenvalue weighted by molar-refractivity contribution is 7.98. The van der Waals surface area contributed by atoms with Gasteiger partial charge >= 0.3 is 0 Å². The molecule has 142 valence electrons. The van der Waals surface area contributed by atoms with E-state index in [1.54, 1.807) is 11.8 Å². The van der Waals surface area contributed by atoms with Gasteiger partial charge in [0.1, 0.15) is 5.76 Å². The first-order valence-corrected chi connectivity index (χ1v) is 10.3. The molecule has 0 atom stereocenters. The molecule has 0 radical (unpaired) electrons. The number of hydrogen-bond donors (Lipinski definition) is 2. The second kappa shape index (κ2) is 10.3. The van der Waals surface area contributed by atoms with E-state index in [1.807, 2.05) is 13.8 Å². The van der Waals surface area contributed by atoms with Crippen LogP contribution in [0.25, 0.3) is 0 Å². The molecule has 0 spiro atoms. The van der Waals surface area contributed by atoms with E-state index in [4.69, 9.17) is 9.52 Å². The molecule has 2 rings (SSSR count). The summed E-state index contributed by atoms with van der Waals surface area (Å²) >= 11 is 1.77. The number of benzene rings is 1. The topological polar surface area (TPSA) is 62.5 Å². The maximum atomic E-state index is 5.22. The van der Waals surface area contributed by atoms with Crippen LogP contribution >= 0.6 is 11.8 Å². The lowest BCUT2D eigenvalue weighted by atomic mass is 10.1. The van der Waals surface area contributed by atoms with Crippen molar-refractivity contribution in [1.29, 1.82) is 0 Å². The van der Waals surface area contributed by atoms with Gasteiger partial charge in [-0.15, -0.1) is 11.8 Å². The van der Waals surface area contributed by atoms with E-state index in [-0.39, 0.29) is 0 Å². The van der Waals surface area contributed by atoms with Crippen molar-refractivity contribution in [3.8, 4) is 0 Å². The van der Waals surface area contributed by atoms with E-state index in [1.165, 1.54) is 21.6 Å². The molecule has 1 aromatic heterocycles. The Hall–Kier alpha value is -1.95. The van der Waals surface area contributed by atoms with Crippen LogP contribution in [-0.4, -0.2) is 30.5 Å². The summed E-state index contributed by atoms with van der Waals surface area (Å²) < 4.78 is 5.22. The van der Waals surface area contributed by atoms with Crippen LogP contribution in [0.4, 0.5) is 0 Å². The molecule has 0 saturated heterocycles. The predicted octanol–water partition coefficient (Wildman–Crippen LogP) is 4.01. The van der Waals surface area contributed by atoms with Gasteiger partial charge in [-0.25, -0.2) is 4.99 Å². The fraction of sp³-hybridized carbons (Fsp3) is 0.500. The lowest BCUT2D eigenvalue weighted by Gasteiger charge is -2.12. The number of thioether (sulfide) groups is 1. The minimum atomic E-state index is 0.676. The molecule has 0 aliphatic carbocycles. The number of nitrogens with one attached hydrogen (secondary N) is 2. The Morgan fingerprint density at radius 1 is 1.23 bits per heavy atom. The SMILES string of the molecule is CCNC(=NCc1ccc(C)cc1SC)NCCCc1c(C)noc1C. The average Bonchev–Trinajstić information content (AvgIpc) is 2.95. The lowest BCUT2D eigenvalue weighted by Crippen LogP contribution is -2.37. The Labute approximate surface area is 161 Å². The van der Waals surface area contributed by atoms with Crippen LogP contribution in [0.1, 0.15) is 41.5 Å². The molecule has 0 bridgehead atoms. The van der Waals surface area contributed by atoms with Gasteiger partial charge in [-0.3, -0.25) is 0 Å². The van der Waals surface area contributed by atoms with E-state index in [2.05, 4.69) is 54.1 Å². The Bertz CT molecular complexity index is 720. The molecular formula is C20H30N4OS. The molecule has 0 aliphatic heterocycles. The third kappa shape index (κ3) is 5.80. The number of aliphatic imine (C=N–C) groups is 1. The fourth-order valence-electron chi connectivity index (χ4n) is 2.82. The van der Waals surface area contributed by atoms with Crippen molar-refractivity contribution < 1.29 is 4.52 Å². The zero-order valence-electron chi connectivity index (χ0n) is 16.5. The van der Waals surface area contributed by atoms with E-state index >= 15 is 0 Å². The monoisotopic (exact) mass is 374 g/mol. The Morgan fingerprint density at radius 2 is 2.04 bits per heavy atom. The van der Waals surface area contributed by atoms with Crippen molar-refractivity contribution in [1.82, 2.24) is 15.8 Å². The van der Waals surface area contributed by atoms with Crippen LogP contribution in [-0.2, 0) is 13.0 Å². The first-order valence-electron chi connectivity index (χ1n) is 9.12. The zero-order chi connectivity index (χ0) is 18.9. The maximum Gasteiger partial charge on any atom is 0.191 e. The van der Waals surface area contributed by atoms with E-state index < -0.39 is 0 Å². The number of aromatic nitrogens is 1. The summed E-state index contributed by atoms with van der Waals surface area (Å²) in [4.78, 5) is 6.04. The maximum absolute atomic E-state index is 5.22. The second-order valence-corrected chi connectivity index (χ2v) is 7.19. The zero-order valence-corrected chi connectivity index (χ0v) is 17.3. The van der Waals surface area contributed by atoms with Gasteiger partial charge in [-0.05, 0) is 64.0 Å². The Morgan fingerprint density at radius 3 is 2.69 bits per heavy atom. The van der Waals surface area contributed by atoms with E-state index in [0.29, 0.717) is 6.54 Å². The molecule has 2 N–H and O–H groups in total. The Balaban J connectivity index is 1.90. The van der Waals surface area contributed by atoms with Gasteiger partial charge in [0.25, 0.3) is 0 Å². The molecule has 5 nitrogen and oxygen atoms in total. The highest BCUT2D eigenvalue weighted by Gasteiger charge is 2.08. The first-order chi connectivity index (χ1) is 12.5. The van der Waals surface area contributed by atoms with Crippen molar-refractivity contribution in [2.45, 2.75) is 52.0 Å². The van der Waals surface area contributed by atoms with Crippen molar-refractivity contribution in [3.63, 3.8) is 0 Å². The van der Waals surface area contributed by atoms with Crippen LogP contribution in [0.2, 0.25) is 0 Å². The average molecular weight is 375 g/mol. The van der Waals surface area contributed by atoms with Gasteiger partial charge in [-0.1, -0.05) is 17.3 Å². The summed E-state index contributed by atoms with van der Waals surface area (Å²) in [6, 6.07) is 6.54. The molecule has 1 aromatic carbocycles. The number of rotatable bonds is 8. The molecule has 0 amide bonds. The highest BCUT2D eigenvalue weighted by atomic mass is 32.2. The van der Waals surface area contributed by atoms with Crippen LogP contribution in [0.3, 0.4) is 0 Å². The van der Waals surface area contributed by atoms with Gasteiger partial charge in [0, 0.05) is 23.5 Å². The minimum absolute atomic E-state index is 0.676. The fourth-order valence-corrected chi connectivity index (χ4v) is 3.52. The molecule has 0 unspecified atom stereocenters. The second-order valence-electron chi connectivity index (χ2n) is 6.34. The third-order valence-electron chi connectivity index (χ3n) is 4.27. The molecule has 0 saturated carbocycles. The molecule has 0 aliphatic rings. The predicted molar refractivity (Wildman–Crippen MR) is 110 cm³/mol. The van der Waals surface area contributed by atoms with Gasteiger partial charge in [0.05, 0.1) is 12.2 Å². The molecular weight excluding hydrogens is 344 g/mol. The molecule has 1 heterocycles. The minimum Gasteiger partial charge on any atom is -0.361 e. The lowest BCUT2D eigenvalue weighted by molar-refractivity contribution is 0.392. The molecule has 2 aromatic rings. The van der Waals surface area contributed by atoms with Crippen molar-refractivity contribution in [2.24, 2.45) is 4.99 Å². The van der Waals surface area contributed by atoms with Crippen molar-refractivity contribution >= 4 is 17.7 Å². The molecule has 0 fully saturated rings. The van der Waals surface area contributed by atoms with Crippen LogP contribution < -0.4 is 10.6 Å². The van der Waals surface area contributed by atoms with Crippen LogP contribution in [0, 0.1) is 20.8 Å². The summed E-state index contributed by atoms with van der Waals surface area (Å²) in [5.41, 5.74) is 4.76. The summed E-state index contributed by atoms with van der Waals surface area (Å²) in [5, 5.41) is 10.8. The van der Waals surface area contributed by atoms with E-state index in [0.717, 1.165) is 43.3 Å².